The zero-order valence-corrected chi connectivity index (χ0v) is 13.0. The minimum absolute atomic E-state index is 0.639. The number of nitrogens with two attached hydrogens (primary N) is 1. The van der Waals surface area contributed by atoms with E-state index >= 15 is 0 Å². The first-order chi connectivity index (χ1) is 8.58. The normalized spacial score (nSPS) is 9.61. The van der Waals surface area contributed by atoms with Crippen molar-refractivity contribution in [3.8, 4) is 0 Å². The van der Waals surface area contributed by atoms with E-state index in [4.69, 9.17) is 5.73 Å². The number of nitrogens with zero attached hydrogens (tertiary/aromatic N) is 2. The third-order valence-electron chi connectivity index (χ3n) is 2.47. The van der Waals surface area contributed by atoms with Gasteiger partial charge in [0.15, 0.2) is 0 Å². The second kappa shape index (κ2) is 7.30. The minimum atomic E-state index is 0.639. The van der Waals surface area contributed by atoms with Crippen LogP contribution in [0.3, 0.4) is 0 Å². The van der Waals surface area contributed by atoms with Crippen molar-refractivity contribution in [2.75, 3.05) is 0 Å². The van der Waals surface area contributed by atoms with Gasteiger partial charge in [-0.3, -0.25) is 0 Å². The third kappa shape index (κ3) is 4.24. The van der Waals surface area contributed by atoms with Crippen LogP contribution in [0.25, 0.3) is 6.20 Å². The first-order valence-electron chi connectivity index (χ1n) is 5.65. The van der Waals surface area contributed by atoms with Crippen molar-refractivity contribution in [3.05, 3.63) is 58.2 Å². The monoisotopic (exact) mass is 424 g/mol. The number of rotatable bonds is 2. The van der Waals surface area contributed by atoms with Gasteiger partial charge in [0.25, 0.3) is 0 Å². The molecule has 1 heterocycles. The molecule has 4 heteroatoms. The summed E-state index contributed by atoms with van der Waals surface area (Å²) >= 11 is 2.24. The van der Waals surface area contributed by atoms with Crippen molar-refractivity contribution in [2.45, 2.75) is 13.5 Å². The van der Waals surface area contributed by atoms with E-state index in [1.807, 2.05) is 28.6 Å². The van der Waals surface area contributed by atoms with Gasteiger partial charge in [0.05, 0.1) is 0 Å². The molecule has 0 saturated heterocycles. The molecule has 0 unspecified atom stereocenters. The van der Waals surface area contributed by atoms with E-state index in [9.17, 15) is 0 Å². The van der Waals surface area contributed by atoms with Crippen LogP contribution in [0.15, 0.2) is 43.2 Å². The molecule has 3 nitrogen and oxygen atoms in total. The number of imidazole rings is 1. The molecule has 1 aromatic heterocycles. The quantitative estimate of drug-likeness (QED) is 0.790. The van der Waals surface area contributed by atoms with Gasteiger partial charge in [-0.1, -0.05) is 29.8 Å². The second-order valence-electron chi connectivity index (χ2n) is 3.93. The largest absolute Gasteiger partial charge is 0.326 e. The third-order valence-corrected chi connectivity index (χ3v) is 3.86. The maximum atomic E-state index is 5.40. The van der Waals surface area contributed by atoms with Crippen LogP contribution in [0.4, 0.5) is 0 Å². The van der Waals surface area contributed by atoms with Gasteiger partial charge in [-0.2, -0.15) is 0 Å². The number of aryl methyl sites for hydroxylation is 2. The summed E-state index contributed by atoms with van der Waals surface area (Å²) in [5.41, 5.74) is 7.88. The van der Waals surface area contributed by atoms with E-state index in [1.54, 1.807) is 6.20 Å². The number of hydrogen-bond acceptors (Lipinski definition) is 1. The summed E-state index contributed by atoms with van der Waals surface area (Å²) in [5.74, 6) is 0. The number of hydrogen-bond donors (Lipinski definition) is 1. The van der Waals surface area contributed by atoms with Crippen LogP contribution >= 0.6 is 0 Å². The van der Waals surface area contributed by atoms with Crippen molar-refractivity contribution in [2.24, 2.45) is 12.8 Å². The average molecular weight is 424 g/mol. The standard InChI is InChI=1S/C8H11N.C6H8N2.Pt/c1-7-2-4-8(6-9)5-3-7;1-3-8-5-4-7(2)6-8;/h2-5H,6,9H2,1H3;3-5H,1H2,2H3;. The van der Waals surface area contributed by atoms with Crippen LogP contribution in [0, 0.1) is 10.7 Å². The van der Waals surface area contributed by atoms with Crippen LogP contribution < -0.4 is 5.73 Å². The smallest absolute Gasteiger partial charge is 0.0178 e. The Labute approximate surface area is 119 Å². The molecule has 0 saturated carbocycles. The number of aromatic nitrogens is 2. The van der Waals surface area contributed by atoms with E-state index in [-0.39, 0.29) is 0 Å². The van der Waals surface area contributed by atoms with Gasteiger partial charge in [-0.15, -0.1) is 0 Å². The fourth-order valence-electron chi connectivity index (χ4n) is 1.32. The van der Waals surface area contributed by atoms with E-state index < -0.39 is 0 Å². The molecule has 2 N–H and O–H groups in total. The van der Waals surface area contributed by atoms with Crippen LogP contribution in [-0.2, 0) is 32.9 Å². The summed E-state index contributed by atoms with van der Waals surface area (Å²) in [6.07, 6.45) is 5.74. The molecular formula is C14H19N3Pt. The molecule has 2 rings (SSSR count). The van der Waals surface area contributed by atoms with Crippen LogP contribution in [-0.4, -0.2) is 9.13 Å². The van der Waals surface area contributed by atoms with Gasteiger partial charge in [0, 0.05) is 6.54 Å². The van der Waals surface area contributed by atoms with Crippen molar-refractivity contribution >= 4 is 6.20 Å². The molecule has 18 heavy (non-hydrogen) atoms. The Kier molecular flexibility index (Phi) is 6.03. The molecule has 0 fully saturated rings. The SMILES string of the molecule is C=Cn1ccn(C)[c]1=[Pt].Cc1ccc(CN)cc1. The predicted octanol–water partition coefficient (Wildman–Crippen LogP) is 2.46. The minimum Gasteiger partial charge on any atom is -0.326 e. The maximum absolute atomic E-state index is 5.40. The Bertz CT molecular complexity index is 549. The maximum Gasteiger partial charge on any atom is 0.0178 e. The van der Waals surface area contributed by atoms with Gasteiger partial charge in [0.2, 0.25) is 0 Å². The molecule has 0 atom stereocenters. The van der Waals surface area contributed by atoms with Crippen molar-refractivity contribution in [1.82, 2.24) is 9.13 Å². The summed E-state index contributed by atoms with van der Waals surface area (Å²) in [6.45, 7) is 6.36. The molecule has 2 aromatic rings. The van der Waals surface area contributed by atoms with Gasteiger partial charge in [0.1, 0.15) is 0 Å². The molecule has 0 aliphatic rings. The van der Waals surface area contributed by atoms with Crippen molar-refractivity contribution in [1.29, 1.82) is 0 Å². The van der Waals surface area contributed by atoms with Crippen LogP contribution in [0.1, 0.15) is 11.1 Å². The van der Waals surface area contributed by atoms with Gasteiger partial charge in [-0.25, -0.2) is 0 Å². The van der Waals surface area contributed by atoms with Crippen LogP contribution in [0.5, 0.6) is 0 Å². The van der Waals surface area contributed by atoms with E-state index in [0.29, 0.717) is 6.54 Å². The average Bonchev–Trinajstić information content (AvgIpc) is 2.71. The Morgan fingerprint density at radius 3 is 2.22 bits per heavy atom. The summed E-state index contributed by atoms with van der Waals surface area (Å²) < 4.78 is 5.15. The summed E-state index contributed by atoms with van der Waals surface area (Å²) in [7, 11) is 2.00. The fourth-order valence-corrected chi connectivity index (χ4v) is 1.87. The predicted molar refractivity (Wildman–Crippen MR) is 72.1 cm³/mol. The second-order valence-corrected chi connectivity index (χ2v) is 4.95. The molecule has 0 spiro atoms. The molecule has 0 bridgehead atoms. The summed E-state index contributed by atoms with van der Waals surface area (Å²) in [4.78, 5) is 0. The molecular weight excluding hydrogens is 405 g/mol. The van der Waals surface area contributed by atoms with Gasteiger partial charge in [-0.05, 0) is 12.5 Å². The van der Waals surface area contributed by atoms with Crippen molar-refractivity contribution in [3.63, 3.8) is 0 Å². The summed E-state index contributed by atoms with van der Waals surface area (Å²) in [6, 6.07) is 8.25. The molecule has 100 valence electrons. The number of benzene rings is 1. The van der Waals surface area contributed by atoms with Gasteiger partial charge >= 0.3 is 64.5 Å². The molecule has 0 aliphatic carbocycles. The van der Waals surface area contributed by atoms with Gasteiger partial charge < -0.3 is 5.73 Å². The summed E-state index contributed by atoms with van der Waals surface area (Å²) in [5, 5.41) is 0. The Morgan fingerprint density at radius 1 is 1.28 bits per heavy atom. The van der Waals surface area contributed by atoms with Crippen molar-refractivity contribution < 1.29 is 19.4 Å². The fraction of sp³-hybridized carbons (Fsp3) is 0.214. The van der Waals surface area contributed by atoms with E-state index in [0.717, 1.165) is 3.80 Å². The molecule has 1 aromatic carbocycles. The Hall–Kier alpha value is -1.18. The molecule has 0 radical (unpaired) electrons. The first-order valence-corrected chi connectivity index (χ1v) is 6.79. The molecule has 0 aliphatic heterocycles. The van der Waals surface area contributed by atoms with E-state index in [2.05, 4.69) is 57.1 Å². The topological polar surface area (TPSA) is 35.9 Å². The Morgan fingerprint density at radius 2 is 1.89 bits per heavy atom. The van der Waals surface area contributed by atoms with Crippen LogP contribution in [0.2, 0.25) is 0 Å². The molecule has 0 amide bonds. The zero-order chi connectivity index (χ0) is 13.5. The Balaban J connectivity index is 0.000000180. The zero-order valence-electron chi connectivity index (χ0n) is 10.7. The first kappa shape index (κ1) is 14.9. The van der Waals surface area contributed by atoms with E-state index in [1.165, 1.54) is 11.1 Å².